The lowest BCUT2D eigenvalue weighted by molar-refractivity contribution is 0.291. The zero-order chi connectivity index (χ0) is 18.8. The molecular formula is C20H16BrN3O2S. The first kappa shape index (κ1) is 17.9. The van der Waals surface area contributed by atoms with Crippen molar-refractivity contribution >= 4 is 38.2 Å². The lowest BCUT2D eigenvalue weighted by Crippen LogP contribution is -2.25. The fourth-order valence-corrected chi connectivity index (χ4v) is 3.98. The second kappa shape index (κ2) is 7.62. The Bertz CT molecular complexity index is 1170. The summed E-state index contributed by atoms with van der Waals surface area (Å²) in [5, 5.41) is 7.48. The topological polar surface area (TPSA) is 57.0 Å². The highest BCUT2D eigenvalue weighted by Gasteiger charge is 2.07. The number of hydrogen-bond acceptors (Lipinski definition) is 5. The van der Waals surface area contributed by atoms with E-state index in [1.54, 1.807) is 29.7 Å². The molecule has 4 rings (SSSR count). The second-order valence-electron chi connectivity index (χ2n) is 6.09. The molecule has 0 N–H and O–H groups in total. The smallest absolute Gasteiger partial charge is 0.266 e. The summed E-state index contributed by atoms with van der Waals surface area (Å²) < 4.78 is 8.33. The number of thiophene rings is 1. The number of ether oxygens (including phenoxy) is 1. The Morgan fingerprint density at radius 2 is 2.07 bits per heavy atom. The highest BCUT2D eigenvalue weighted by molar-refractivity contribution is 9.10. The number of rotatable bonds is 5. The van der Waals surface area contributed by atoms with Crippen LogP contribution in [0.25, 0.3) is 21.5 Å². The highest BCUT2D eigenvalue weighted by atomic mass is 79.9. The summed E-state index contributed by atoms with van der Waals surface area (Å²) in [5.41, 5.74) is 2.70. The average Bonchev–Trinajstić information content (AvgIpc) is 3.09. The third kappa shape index (κ3) is 3.94. The van der Waals surface area contributed by atoms with Gasteiger partial charge >= 0.3 is 0 Å². The minimum Gasteiger partial charge on any atom is -0.491 e. The summed E-state index contributed by atoms with van der Waals surface area (Å²) >= 11 is 5.07. The van der Waals surface area contributed by atoms with Gasteiger partial charge in [-0.25, -0.2) is 4.68 Å². The molecule has 3 heterocycles. The first-order chi connectivity index (χ1) is 13.1. The summed E-state index contributed by atoms with van der Waals surface area (Å²) in [6.07, 6.45) is 1.72. The fourth-order valence-electron chi connectivity index (χ4n) is 2.77. The molecule has 0 aliphatic carbocycles. The maximum atomic E-state index is 12.1. The molecule has 0 spiro atoms. The van der Waals surface area contributed by atoms with Gasteiger partial charge in [0.2, 0.25) is 0 Å². The lowest BCUT2D eigenvalue weighted by atomic mass is 10.2. The normalized spacial score (nSPS) is 11.0. The minimum absolute atomic E-state index is 0.140. The van der Waals surface area contributed by atoms with Crippen molar-refractivity contribution in [2.24, 2.45) is 0 Å². The first-order valence-electron chi connectivity index (χ1n) is 8.41. The number of benzene rings is 1. The van der Waals surface area contributed by atoms with Gasteiger partial charge in [-0.2, -0.15) is 5.10 Å². The van der Waals surface area contributed by atoms with Gasteiger partial charge in [0.15, 0.2) is 0 Å². The summed E-state index contributed by atoms with van der Waals surface area (Å²) in [7, 11) is 0. The molecule has 3 aromatic heterocycles. The summed E-state index contributed by atoms with van der Waals surface area (Å²) in [6.45, 7) is 2.76. The van der Waals surface area contributed by atoms with E-state index in [0.29, 0.717) is 13.2 Å². The largest absolute Gasteiger partial charge is 0.491 e. The molecule has 0 aliphatic heterocycles. The summed E-state index contributed by atoms with van der Waals surface area (Å²) in [4.78, 5) is 17.5. The van der Waals surface area contributed by atoms with Gasteiger partial charge in [-0.3, -0.25) is 9.78 Å². The molecule has 0 amide bonds. The molecule has 136 valence electrons. The number of aromatic nitrogens is 3. The summed E-state index contributed by atoms with van der Waals surface area (Å²) in [5.74, 6) is 0.741. The van der Waals surface area contributed by atoms with Gasteiger partial charge in [-0.1, -0.05) is 15.9 Å². The molecule has 1 aromatic carbocycles. The number of halogens is 1. The van der Waals surface area contributed by atoms with Crippen LogP contribution in [0, 0.1) is 6.92 Å². The molecule has 0 unspecified atom stereocenters. The van der Waals surface area contributed by atoms with Crippen molar-refractivity contribution in [3.63, 3.8) is 0 Å². The van der Waals surface area contributed by atoms with E-state index in [1.165, 1.54) is 10.2 Å². The Morgan fingerprint density at radius 3 is 2.89 bits per heavy atom. The average molecular weight is 442 g/mol. The van der Waals surface area contributed by atoms with Gasteiger partial charge in [-0.05, 0) is 54.3 Å². The van der Waals surface area contributed by atoms with E-state index in [0.717, 1.165) is 31.7 Å². The molecule has 4 aromatic rings. The SMILES string of the molecule is Cc1csc(-c2ccc(=O)n(CCOc3ccnc4cc(Br)ccc34)n2)c1. The second-order valence-corrected chi connectivity index (χ2v) is 7.91. The van der Waals surface area contributed by atoms with Gasteiger partial charge in [-0.15, -0.1) is 11.3 Å². The van der Waals surface area contributed by atoms with Gasteiger partial charge in [0.25, 0.3) is 5.56 Å². The van der Waals surface area contributed by atoms with Gasteiger partial charge in [0.05, 0.1) is 16.9 Å². The van der Waals surface area contributed by atoms with Crippen LogP contribution in [-0.2, 0) is 6.54 Å². The zero-order valence-electron chi connectivity index (χ0n) is 14.6. The van der Waals surface area contributed by atoms with Crippen molar-refractivity contribution in [2.75, 3.05) is 6.61 Å². The maximum absolute atomic E-state index is 12.1. The van der Waals surface area contributed by atoms with Crippen molar-refractivity contribution in [1.82, 2.24) is 14.8 Å². The number of pyridine rings is 1. The molecule has 0 fully saturated rings. The van der Waals surface area contributed by atoms with Gasteiger partial charge in [0.1, 0.15) is 18.1 Å². The van der Waals surface area contributed by atoms with Gasteiger partial charge < -0.3 is 4.74 Å². The highest BCUT2D eigenvalue weighted by Crippen LogP contribution is 2.26. The Labute approximate surface area is 168 Å². The Kier molecular flexibility index (Phi) is 5.05. The van der Waals surface area contributed by atoms with E-state index in [4.69, 9.17) is 4.74 Å². The Morgan fingerprint density at radius 1 is 1.19 bits per heavy atom. The van der Waals surface area contributed by atoms with Crippen molar-refractivity contribution in [1.29, 1.82) is 0 Å². The molecule has 7 heteroatoms. The molecule has 0 saturated heterocycles. The first-order valence-corrected chi connectivity index (χ1v) is 10.1. The summed E-state index contributed by atoms with van der Waals surface area (Å²) in [6, 6.07) is 13.1. The Hall–Kier alpha value is -2.51. The van der Waals surface area contributed by atoms with Gasteiger partial charge in [0, 0.05) is 22.1 Å². The van der Waals surface area contributed by atoms with Crippen molar-refractivity contribution in [3.8, 4) is 16.3 Å². The van der Waals surface area contributed by atoms with Crippen LogP contribution in [0.3, 0.4) is 0 Å². The number of nitrogens with zero attached hydrogens (tertiary/aromatic N) is 3. The van der Waals surface area contributed by atoms with E-state index < -0.39 is 0 Å². The lowest BCUT2D eigenvalue weighted by Gasteiger charge is -2.10. The molecule has 0 radical (unpaired) electrons. The van der Waals surface area contributed by atoms with Crippen LogP contribution in [0.2, 0.25) is 0 Å². The monoisotopic (exact) mass is 441 g/mol. The van der Waals surface area contributed by atoms with E-state index >= 15 is 0 Å². The van der Waals surface area contributed by atoms with Crippen LogP contribution in [0.5, 0.6) is 5.75 Å². The van der Waals surface area contributed by atoms with Crippen molar-refractivity contribution < 1.29 is 4.74 Å². The van der Waals surface area contributed by atoms with Crippen LogP contribution < -0.4 is 10.3 Å². The van der Waals surface area contributed by atoms with E-state index in [1.807, 2.05) is 31.2 Å². The zero-order valence-corrected chi connectivity index (χ0v) is 17.0. The third-order valence-electron chi connectivity index (χ3n) is 4.08. The Balaban J connectivity index is 1.52. The fraction of sp³-hybridized carbons (Fsp3) is 0.150. The molecule has 0 saturated carbocycles. The molecule has 27 heavy (non-hydrogen) atoms. The minimum atomic E-state index is -0.140. The molecule has 0 atom stereocenters. The quantitative estimate of drug-likeness (QED) is 0.451. The molecule has 0 aliphatic rings. The van der Waals surface area contributed by atoms with Crippen molar-refractivity contribution in [3.05, 3.63) is 74.4 Å². The molecule has 5 nitrogen and oxygen atoms in total. The van der Waals surface area contributed by atoms with Crippen LogP contribution in [0.4, 0.5) is 0 Å². The molecule has 0 bridgehead atoms. The predicted octanol–water partition coefficient (Wildman–Crippen LogP) is 4.67. The van der Waals surface area contributed by atoms with E-state index in [2.05, 4.69) is 37.5 Å². The third-order valence-corrected chi connectivity index (χ3v) is 5.64. The number of aryl methyl sites for hydroxylation is 1. The van der Waals surface area contributed by atoms with Crippen LogP contribution in [-0.4, -0.2) is 21.4 Å². The number of fused-ring (bicyclic) bond motifs is 1. The van der Waals surface area contributed by atoms with E-state index in [9.17, 15) is 4.79 Å². The predicted molar refractivity (Wildman–Crippen MR) is 111 cm³/mol. The number of hydrogen-bond donors (Lipinski definition) is 0. The molecular weight excluding hydrogens is 426 g/mol. The standard InChI is InChI=1S/C20H16BrN3O2S/c1-13-10-19(27-12-13)16-4-5-20(25)24(23-16)8-9-26-18-6-7-22-17-11-14(21)2-3-15(17)18/h2-7,10-12H,8-9H2,1H3. The van der Waals surface area contributed by atoms with E-state index in [-0.39, 0.29) is 5.56 Å². The van der Waals surface area contributed by atoms with Crippen LogP contribution in [0.1, 0.15) is 5.56 Å². The van der Waals surface area contributed by atoms with Crippen LogP contribution in [0.15, 0.2) is 63.3 Å². The maximum Gasteiger partial charge on any atom is 0.266 e. The van der Waals surface area contributed by atoms with Crippen LogP contribution >= 0.6 is 27.3 Å². The van der Waals surface area contributed by atoms with Crippen molar-refractivity contribution in [2.45, 2.75) is 13.5 Å².